The molecular weight excluding hydrogens is 124 g/mol. The van der Waals surface area contributed by atoms with Crippen molar-refractivity contribution in [2.24, 2.45) is 17.3 Å². The first kappa shape index (κ1) is 7.77. The van der Waals surface area contributed by atoms with E-state index in [1.165, 1.54) is 12.8 Å². The van der Waals surface area contributed by atoms with Crippen LogP contribution in [0, 0.1) is 17.3 Å². The largest absolute Gasteiger partial charge is 0.303 e. The van der Waals surface area contributed by atoms with Crippen LogP contribution < -0.4 is 0 Å². The number of carbonyl (C=O) groups is 1. The van der Waals surface area contributed by atoms with Gasteiger partial charge in [-0.15, -0.1) is 0 Å². The van der Waals surface area contributed by atoms with Gasteiger partial charge < -0.3 is 4.79 Å². The average Bonchev–Trinajstić information content (AvgIpc) is 2.07. The molecule has 1 fully saturated rings. The first-order chi connectivity index (χ1) is 4.58. The molecule has 1 nitrogen and oxygen atoms in total. The SMILES string of the molecule is C[C@@H]1CCC(C)(C)[C@H]1C=O. The maximum absolute atomic E-state index is 10.6. The van der Waals surface area contributed by atoms with Gasteiger partial charge in [0.2, 0.25) is 0 Å². The Morgan fingerprint density at radius 2 is 2.10 bits per heavy atom. The zero-order chi connectivity index (χ0) is 7.78. The smallest absolute Gasteiger partial charge is 0.123 e. The topological polar surface area (TPSA) is 17.1 Å². The first-order valence-electron chi connectivity index (χ1n) is 4.03. The Bertz CT molecular complexity index is 138. The average molecular weight is 140 g/mol. The van der Waals surface area contributed by atoms with E-state index in [0.717, 1.165) is 6.29 Å². The fraction of sp³-hybridized carbons (Fsp3) is 0.889. The molecule has 0 unspecified atom stereocenters. The molecule has 0 aromatic carbocycles. The molecule has 0 N–H and O–H groups in total. The van der Waals surface area contributed by atoms with Gasteiger partial charge in [0.1, 0.15) is 6.29 Å². The Balaban J connectivity index is 2.72. The summed E-state index contributed by atoms with van der Waals surface area (Å²) in [5.74, 6) is 0.903. The predicted molar refractivity (Wildman–Crippen MR) is 41.7 cm³/mol. The zero-order valence-corrected chi connectivity index (χ0v) is 7.05. The lowest BCUT2D eigenvalue weighted by molar-refractivity contribution is -0.114. The van der Waals surface area contributed by atoms with Crippen molar-refractivity contribution >= 4 is 6.29 Å². The molecule has 1 aliphatic carbocycles. The van der Waals surface area contributed by atoms with Crippen molar-refractivity contribution in [2.45, 2.75) is 33.6 Å². The molecule has 1 rings (SSSR count). The summed E-state index contributed by atoms with van der Waals surface area (Å²) in [5.41, 5.74) is 0.265. The van der Waals surface area contributed by atoms with E-state index in [-0.39, 0.29) is 5.41 Å². The van der Waals surface area contributed by atoms with Crippen molar-refractivity contribution in [1.82, 2.24) is 0 Å². The fourth-order valence-electron chi connectivity index (χ4n) is 2.03. The molecule has 58 valence electrons. The molecular formula is C9H16O. The van der Waals surface area contributed by atoms with Gasteiger partial charge in [0.25, 0.3) is 0 Å². The molecule has 0 bridgehead atoms. The van der Waals surface area contributed by atoms with E-state index in [2.05, 4.69) is 20.8 Å². The third kappa shape index (κ3) is 1.09. The lowest BCUT2D eigenvalue weighted by Crippen LogP contribution is -2.21. The zero-order valence-electron chi connectivity index (χ0n) is 7.05. The van der Waals surface area contributed by atoms with Gasteiger partial charge in [-0.05, 0) is 24.2 Å². The third-order valence-corrected chi connectivity index (χ3v) is 2.91. The van der Waals surface area contributed by atoms with Crippen LogP contribution in [0.3, 0.4) is 0 Å². The maximum atomic E-state index is 10.6. The van der Waals surface area contributed by atoms with Gasteiger partial charge in [0, 0.05) is 5.92 Å². The Kier molecular flexibility index (Phi) is 1.84. The summed E-state index contributed by atoms with van der Waals surface area (Å²) < 4.78 is 0. The van der Waals surface area contributed by atoms with Crippen LogP contribution in [0.1, 0.15) is 33.6 Å². The minimum atomic E-state index is 0.265. The van der Waals surface area contributed by atoms with Crippen LogP contribution in [-0.2, 0) is 4.79 Å². The summed E-state index contributed by atoms with van der Waals surface area (Å²) in [6.45, 7) is 6.55. The Hall–Kier alpha value is -0.330. The van der Waals surface area contributed by atoms with Crippen LogP contribution in [0.5, 0.6) is 0 Å². The second-order valence-electron chi connectivity index (χ2n) is 4.17. The number of hydrogen-bond acceptors (Lipinski definition) is 1. The quantitative estimate of drug-likeness (QED) is 0.510. The van der Waals surface area contributed by atoms with Crippen LogP contribution in [0.15, 0.2) is 0 Å². The Morgan fingerprint density at radius 3 is 2.30 bits per heavy atom. The van der Waals surface area contributed by atoms with Crippen molar-refractivity contribution in [3.8, 4) is 0 Å². The van der Waals surface area contributed by atoms with Crippen molar-refractivity contribution in [2.75, 3.05) is 0 Å². The number of carbonyl (C=O) groups excluding carboxylic acids is 1. The lowest BCUT2D eigenvalue weighted by Gasteiger charge is -2.23. The fourth-order valence-corrected chi connectivity index (χ4v) is 2.03. The van der Waals surface area contributed by atoms with Crippen molar-refractivity contribution in [1.29, 1.82) is 0 Å². The van der Waals surface area contributed by atoms with E-state index in [4.69, 9.17) is 0 Å². The summed E-state index contributed by atoms with van der Waals surface area (Å²) in [7, 11) is 0. The van der Waals surface area contributed by atoms with Gasteiger partial charge in [-0.1, -0.05) is 20.8 Å². The highest BCUT2D eigenvalue weighted by atomic mass is 16.1. The maximum Gasteiger partial charge on any atom is 0.123 e. The second-order valence-corrected chi connectivity index (χ2v) is 4.17. The number of hydrogen-bond donors (Lipinski definition) is 0. The van der Waals surface area contributed by atoms with Crippen LogP contribution in [0.25, 0.3) is 0 Å². The van der Waals surface area contributed by atoms with E-state index in [1.807, 2.05) is 0 Å². The third-order valence-electron chi connectivity index (χ3n) is 2.91. The summed E-state index contributed by atoms with van der Waals surface area (Å²) >= 11 is 0. The summed E-state index contributed by atoms with van der Waals surface area (Å²) in [6.07, 6.45) is 3.56. The van der Waals surface area contributed by atoms with Gasteiger partial charge >= 0.3 is 0 Å². The predicted octanol–water partition coefficient (Wildman–Crippen LogP) is 2.26. The summed E-state index contributed by atoms with van der Waals surface area (Å²) in [4.78, 5) is 10.6. The van der Waals surface area contributed by atoms with Crippen molar-refractivity contribution in [3.63, 3.8) is 0 Å². The van der Waals surface area contributed by atoms with Crippen molar-refractivity contribution < 1.29 is 4.79 Å². The van der Waals surface area contributed by atoms with Gasteiger partial charge in [0.05, 0.1) is 0 Å². The van der Waals surface area contributed by atoms with Gasteiger partial charge in [-0.25, -0.2) is 0 Å². The molecule has 10 heavy (non-hydrogen) atoms. The van der Waals surface area contributed by atoms with Crippen LogP contribution in [-0.4, -0.2) is 6.29 Å². The van der Waals surface area contributed by atoms with Crippen LogP contribution in [0.4, 0.5) is 0 Å². The van der Waals surface area contributed by atoms with Gasteiger partial charge in [0.15, 0.2) is 0 Å². The van der Waals surface area contributed by atoms with E-state index in [0.29, 0.717) is 11.8 Å². The highest BCUT2D eigenvalue weighted by molar-refractivity contribution is 5.56. The molecule has 0 heterocycles. The molecule has 2 atom stereocenters. The molecule has 0 aromatic rings. The molecule has 1 heteroatoms. The normalized spacial score (nSPS) is 37.9. The molecule has 0 aromatic heterocycles. The second kappa shape index (κ2) is 2.37. The van der Waals surface area contributed by atoms with Crippen LogP contribution in [0.2, 0.25) is 0 Å². The number of aldehydes is 1. The molecule has 0 aliphatic heterocycles. The highest BCUT2D eigenvalue weighted by Crippen LogP contribution is 2.44. The van der Waals surface area contributed by atoms with E-state index < -0.39 is 0 Å². The standard InChI is InChI=1S/C9H16O/c1-7-4-5-9(2,3)8(7)6-10/h6-8H,4-5H2,1-3H3/t7-,8+/m1/s1. The van der Waals surface area contributed by atoms with E-state index in [9.17, 15) is 4.79 Å². The monoisotopic (exact) mass is 140 g/mol. The van der Waals surface area contributed by atoms with Crippen molar-refractivity contribution in [3.05, 3.63) is 0 Å². The van der Waals surface area contributed by atoms with E-state index in [1.54, 1.807) is 0 Å². The highest BCUT2D eigenvalue weighted by Gasteiger charge is 2.39. The minimum absolute atomic E-state index is 0.265. The number of rotatable bonds is 1. The summed E-state index contributed by atoms with van der Waals surface area (Å²) in [6, 6.07) is 0. The summed E-state index contributed by atoms with van der Waals surface area (Å²) in [5, 5.41) is 0. The minimum Gasteiger partial charge on any atom is -0.303 e. The van der Waals surface area contributed by atoms with Gasteiger partial charge in [-0.2, -0.15) is 0 Å². The Morgan fingerprint density at radius 1 is 1.50 bits per heavy atom. The first-order valence-corrected chi connectivity index (χ1v) is 4.03. The Labute approximate surface area is 62.8 Å². The lowest BCUT2D eigenvalue weighted by atomic mass is 9.80. The molecule has 0 radical (unpaired) electrons. The van der Waals surface area contributed by atoms with Gasteiger partial charge in [-0.3, -0.25) is 0 Å². The van der Waals surface area contributed by atoms with Crippen LogP contribution >= 0.6 is 0 Å². The van der Waals surface area contributed by atoms with E-state index >= 15 is 0 Å². The molecule has 0 spiro atoms. The molecule has 1 aliphatic rings. The molecule has 1 saturated carbocycles. The molecule has 0 amide bonds. The molecule has 0 saturated heterocycles.